The molecule has 0 saturated heterocycles. The second kappa shape index (κ2) is 3.07. The molecular weight excluding hydrogens is 140 g/mol. The van der Waals surface area contributed by atoms with Crippen LogP contribution in [0.25, 0.3) is 0 Å². The fourth-order valence-electron chi connectivity index (χ4n) is 1.58. The van der Waals surface area contributed by atoms with Crippen molar-refractivity contribution in [3.8, 4) is 0 Å². The van der Waals surface area contributed by atoms with Crippen LogP contribution in [0.3, 0.4) is 0 Å². The van der Waals surface area contributed by atoms with Crippen molar-refractivity contribution >= 4 is 5.97 Å². The molecule has 0 bridgehead atoms. The number of ether oxygens (including phenoxy) is 1. The minimum absolute atomic E-state index is 0.120. The smallest absolute Gasteiger partial charge is 0.316 e. The average molecular weight is 154 g/mol. The maximum atomic E-state index is 11.3. The summed E-state index contributed by atoms with van der Waals surface area (Å²) in [6, 6.07) is 0. The lowest BCUT2D eigenvalue weighted by atomic mass is 9.89. The normalized spacial score (nSPS) is 21.2. The van der Waals surface area contributed by atoms with E-state index in [1.54, 1.807) is 0 Å². The van der Waals surface area contributed by atoms with Crippen LogP contribution in [0.1, 0.15) is 32.6 Å². The molecular formula is C9H14O2. The SMILES string of the molecule is C=COC(=O)C1(C)CCCC1. The summed E-state index contributed by atoms with van der Waals surface area (Å²) >= 11 is 0. The van der Waals surface area contributed by atoms with E-state index in [-0.39, 0.29) is 11.4 Å². The van der Waals surface area contributed by atoms with Gasteiger partial charge in [-0.25, -0.2) is 0 Å². The summed E-state index contributed by atoms with van der Waals surface area (Å²) in [5.41, 5.74) is -0.228. The van der Waals surface area contributed by atoms with E-state index in [4.69, 9.17) is 4.74 Å². The van der Waals surface area contributed by atoms with Gasteiger partial charge in [0.25, 0.3) is 0 Å². The van der Waals surface area contributed by atoms with Crippen LogP contribution in [0.4, 0.5) is 0 Å². The first-order valence-electron chi connectivity index (χ1n) is 4.01. The summed E-state index contributed by atoms with van der Waals surface area (Å²) in [5, 5.41) is 0. The Bertz CT molecular complexity index is 166. The van der Waals surface area contributed by atoms with Gasteiger partial charge in [0.1, 0.15) is 0 Å². The molecule has 0 amide bonds. The van der Waals surface area contributed by atoms with Crippen LogP contribution in [0.5, 0.6) is 0 Å². The maximum Gasteiger partial charge on any atom is 0.316 e. The lowest BCUT2D eigenvalue weighted by Gasteiger charge is -2.18. The van der Waals surface area contributed by atoms with Gasteiger partial charge >= 0.3 is 5.97 Å². The fourth-order valence-corrected chi connectivity index (χ4v) is 1.58. The Hall–Kier alpha value is -0.790. The zero-order chi connectivity index (χ0) is 8.32. The Morgan fingerprint density at radius 3 is 2.55 bits per heavy atom. The summed E-state index contributed by atoms with van der Waals surface area (Å²) in [6.07, 6.45) is 5.41. The largest absolute Gasteiger partial charge is 0.435 e. The van der Waals surface area contributed by atoms with Crippen LogP contribution >= 0.6 is 0 Å². The predicted molar refractivity (Wildman–Crippen MR) is 42.9 cm³/mol. The summed E-state index contributed by atoms with van der Waals surface area (Å²) in [7, 11) is 0. The van der Waals surface area contributed by atoms with E-state index >= 15 is 0 Å². The number of carbonyl (C=O) groups excluding carboxylic acids is 1. The van der Waals surface area contributed by atoms with Gasteiger partial charge in [0, 0.05) is 0 Å². The highest BCUT2D eigenvalue weighted by atomic mass is 16.5. The van der Waals surface area contributed by atoms with Crippen LogP contribution in [-0.2, 0) is 9.53 Å². The van der Waals surface area contributed by atoms with E-state index < -0.39 is 0 Å². The third-order valence-electron chi connectivity index (χ3n) is 2.39. The van der Waals surface area contributed by atoms with Gasteiger partial charge in [0.05, 0.1) is 11.7 Å². The molecule has 2 nitrogen and oxygen atoms in total. The highest BCUT2D eigenvalue weighted by Gasteiger charge is 2.37. The molecule has 0 aromatic heterocycles. The number of esters is 1. The zero-order valence-corrected chi connectivity index (χ0v) is 6.93. The van der Waals surface area contributed by atoms with Crippen molar-refractivity contribution in [1.82, 2.24) is 0 Å². The van der Waals surface area contributed by atoms with E-state index in [0.717, 1.165) is 25.7 Å². The molecule has 0 aromatic rings. The predicted octanol–water partition coefficient (Wildman–Crippen LogP) is 2.25. The fraction of sp³-hybridized carbons (Fsp3) is 0.667. The molecule has 0 unspecified atom stereocenters. The highest BCUT2D eigenvalue weighted by Crippen LogP contribution is 2.38. The monoisotopic (exact) mass is 154 g/mol. The van der Waals surface area contributed by atoms with Crippen molar-refractivity contribution < 1.29 is 9.53 Å². The summed E-state index contributed by atoms with van der Waals surface area (Å²) in [4.78, 5) is 11.3. The molecule has 1 rings (SSSR count). The van der Waals surface area contributed by atoms with Gasteiger partial charge in [-0.3, -0.25) is 4.79 Å². The molecule has 0 N–H and O–H groups in total. The Kier molecular flexibility index (Phi) is 2.32. The molecule has 0 aromatic carbocycles. The molecule has 0 atom stereocenters. The second-order valence-electron chi connectivity index (χ2n) is 3.34. The lowest BCUT2D eigenvalue weighted by molar-refractivity contribution is -0.148. The minimum atomic E-state index is -0.228. The number of rotatable bonds is 2. The molecule has 0 aliphatic heterocycles. The Morgan fingerprint density at radius 1 is 1.55 bits per heavy atom. The molecule has 1 fully saturated rings. The Balaban J connectivity index is 2.55. The molecule has 1 aliphatic rings. The third kappa shape index (κ3) is 1.62. The summed E-state index contributed by atoms with van der Waals surface area (Å²) in [5.74, 6) is -0.120. The molecule has 2 heteroatoms. The molecule has 0 radical (unpaired) electrons. The van der Waals surface area contributed by atoms with Gasteiger partial charge in [-0.05, 0) is 19.8 Å². The molecule has 62 valence electrons. The standard InChI is InChI=1S/C9H14O2/c1-3-11-8(10)9(2)6-4-5-7-9/h3H,1,4-7H2,2H3. The van der Waals surface area contributed by atoms with Crippen LogP contribution in [0, 0.1) is 5.41 Å². The van der Waals surface area contributed by atoms with Crippen LogP contribution in [-0.4, -0.2) is 5.97 Å². The van der Waals surface area contributed by atoms with Crippen molar-refractivity contribution in [1.29, 1.82) is 0 Å². The van der Waals surface area contributed by atoms with Crippen molar-refractivity contribution in [3.05, 3.63) is 12.8 Å². The Morgan fingerprint density at radius 2 is 2.09 bits per heavy atom. The first-order valence-corrected chi connectivity index (χ1v) is 4.01. The van der Waals surface area contributed by atoms with Gasteiger partial charge in [-0.15, -0.1) is 0 Å². The number of hydrogen-bond acceptors (Lipinski definition) is 2. The number of carbonyl (C=O) groups is 1. The number of hydrogen-bond donors (Lipinski definition) is 0. The lowest BCUT2D eigenvalue weighted by Crippen LogP contribution is -2.24. The van der Waals surface area contributed by atoms with Gasteiger partial charge in [0.15, 0.2) is 0 Å². The van der Waals surface area contributed by atoms with Crippen molar-refractivity contribution in [2.45, 2.75) is 32.6 Å². The van der Waals surface area contributed by atoms with Crippen molar-refractivity contribution in [2.75, 3.05) is 0 Å². The summed E-state index contributed by atoms with van der Waals surface area (Å²) < 4.78 is 4.75. The Labute approximate surface area is 67.2 Å². The van der Waals surface area contributed by atoms with Crippen LogP contribution in [0.15, 0.2) is 12.8 Å². The summed E-state index contributed by atoms with van der Waals surface area (Å²) in [6.45, 7) is 5.32. The van der Waals surface area contributed by atoms with E-state index in [9.17, 15) is 4.79 Å². The van der Waals surface area contributed by atoms with Gasteiger partial charge in [-0.1, -0.05) is 19.4 Å². The second-order valence-corrected chi connectivity index (χ2v) is 3.34. The van der Waals surface area contributed by atoms with Gasteiger partial charge < -0.3 is 4.74 Å². The first kappa shape index (κ1) is 8.31. The zero-order valence-electron chi connectivity index (χ0n) is 6.93. The molecule has 11 heavy (non-hydrogen) atoms. The molecule has 0 heterocycles. The van der Waals surface area contributed by atoms with Crippen molar-refractivity contribution in [2.24, 2.45) is 5.41 Å². The maximum absolute atomic E-state index is 11.3. The topological polar surface area (TPSA) is 26.3 Å². The first-order chi connectivity index (χ1) is 5.19. The minimum Gasteiger partial charge on any atom is -0.435 e. The van der Waals surface area contributed by atoms with Crippen LogP contribution in [0.2, 0.25) is 0 Å². The average Bonchev–Trinajstić information content (AvgIpc) is 2.38. The molecule has 1 aliphatic carbocycles. The molecule has 1 saturated carbocycles. The van der Waals surface area contributed by atoms with Gasteiger partial charge in [-0.2, -0.15) is 0 Å². The quantitative estimate of drug-likeness (QED) is 0.450. The third-order valence-corrected chi connectivity index (χ3v) is 2.39. The van der Waals surface area contributed by atoms with Gasteiger partial charge in [0.2, 0.25) is 0 Å². The van der Waals surface area contributed by atoms with E-state index in [0.29, 0.717) is 0 Å². The van der Waals surface area contributed by atoms with E-state index in [1.165, 1.54) is 6.26 Å². The van der Waals surface area contributed by atoms with E-state index in [1.807, 2.05) is 6.92 Å². The van der Waals surface area contributed by atoms with Crippen LogP contribution < -0.4 is 0 Å². The van der Waals surface area contributed by atoms with E-state index in [2.05, 4.69) is 6.58 Å². The molecule has 0 spiro atoms. The highest BCUT2D eigenvalue weighted by molar-refractivity contribution is 5.77. The van der Waals surface area contributed by atoms with Crippen molar-refractivity contribution in [3.63, 3.8) is 0 Å².